The second kappa shape index (κ2) is 5.53. The van der Waals surface area contributed by atoms with E-state index in [0.717, 1.165) is 23.7 Å². The number of nitrogens with zero attached hydrogens (tertiary/aromatic N) is 1. The Hall–Kier alpha value is -0.530. The van der Waals surface area contributed by atoms with Crippen LogP contribution in [0, 0.1) is 34.5 Å². The second-order valence-corrected chi connectivity index (χ2v) is 8.98. The Labute approximate surface area is 136 Å². The maximum absolute atomic E-state index is 5.06. The normalized spacial score (nSPS) is 51.2. The number of rotatable bonds is 2. The zero-order valence-corrected chi connectivity index (χ0v) is 14.5. The fourth-order valence-corrected chi connectivity index (χ4v) is 7.38. The highest BCUT2D eigenvalue weighted by molar-refractivity contribution is 5.66. The highest BCUT2D eigenvalue weighted by atomic mass is 16.6. The smallest absolute Gasteiger partial charge is 0.106 e. The summed E-state index contributed by atoms with van der Waals surface area (Å²) in [6.45, 7) is 2.67. The molecule has 0 amide bonds. The molecule has 0 radical (unpaired) electrons. The molecule has 0 heterocycles. The monoisotopic (exact) mass is 303 g/mol. The van der Waals surface area contributed by atoms with Gasteiger partial charge in [0.2, 0.25) is 0 Å². The van der Waals surface area contributed by atoms with Gasteiger partial charge in [0.15, 0.2) is 0 Å². The van der Waals surface area contributed by atoms with E-state index >= 15 is 0 Å². The lowest BCUT2D eigenvalue weighted by molar-refractivity contribution is -0.0924. The molecule has 0 saturated heterocycles. The van der Waals surface area contributed by atoms with E-state index in [9.17, 15) is 0 Å². The zero-order valence-electron chi connectivity index (χ0n) is 14.5. The van der Waals surface area contributed by atoms with Crippen molar-refractivity contribution in [2.24, 2.45) is 39.7 Å². The van der Waals surface area contributed by atoms with E-state index in [2.05, 4.69) is 18.3 Å². The summed E-state index contributed by atoms with van der Waals surface area (Å²) in [6.07, 6.45) is 18.2. The molecule has 0 aromatic carbocycles. The first-order chi connectivity index (χ1) is 10.7. The Morgan fingerprint density at radius 1 is 0.909 bits per heavy atom. The van der Waals surface area contributed by atoms with E-state index in [0.29, 0.717) is 10.8 Å². The summed E-state index contributed by atoms with van der Waals surface area (Å²) in [5.74, 6) is 3.89. The first kappa shape index (κ1) is 15.0. The van der Waals surface area contributed by atoms with Gasteiger partial charge in [0.1, 0.15) is 7.11 Å². The molecular weight excluding hydrogens is 270 g/mol. The van der Waals surface area contributed by atoms with Gasteiger partial charge in [0, 0.05) is 5.41 Å². The first-order valence-corrected chi connectivity index (χ1v) is 9.77. The molecule has 0 aliphatic heterocycles. The number of hydrogen-bond donors (Lipinski definition) is 0. The minimum Gasteiger partial charge on any atom is -0.399 e. The molecule has 124 valence electrons. The van der Waals surface area contributed by atoms with Crippen molar-refractivity contribution < 1.29 is 4.84 Å². The SMILES string of the molecule is CON=C[C@@]12CCC[C@H]1[C@@H]1CCC3CCCC[C@]3(C)[C@H]1CC2. The van der Waals surface area contributed by atoms with Crippen molar-refractivity contribution in [2.75, 3.05) is 7.11 Å². The van der Waals surface area contributed by atoms with Crippen LogP contribution in [0.5, 0.6) is 0 Å². The topological polar surface area (TPSA) is 21.6 Å². The molecule has 1 unspecified atom stereocenters. The molecule has 0 N–H and O–H groups in total. The van der Waals surface area contributed by atoms with E-state index in [1.54, 1.807) is 7.11 Å². The Morgan fingerprint density at radius 2 is 1.82 bits per heavy atom. The Balaban J connectivity index is 1.62. The minimum atomic E-state index is 0.384. The second-order valence-electron chi connectivity index (χ2n) is 8.98. The zero-order chi connectivity index (χ0) is 15.2. The van der Waals surface area contributed by atoms with Gasteiger partial charge in [-0.3, -0.25) is 0 Å². The van der Waals surface area contributed by atoms with Crippen molar-refractivity contribution in [2.45, 2.75) is 77.6 Å². The molecule has 2 nitrogen and oxygen atoms in total. The third-order valence-corrected chi connectivity index (χ3v) is 8.41. The van der Waals surface area contributed by atoms with Crippen molar-refractivity contribution >= 4 is 6.21 Å². The predicted octanol–water partition coefficient (Wildman–Crippen LogP) is 5.42. The molecule has 4 fully saturated rings. The molecule has 0 aromatic rings. The van der Waals surface area contributed by atoms with Crippen molar-refractivity contribution in [1.29, 1.82) is 0 Å². The fraction of sp³-hybridized carbons (Fsp3) is 0.950. The average molecular weight is 303 g/mol. The van der Waals surface area contributed by atoms with Crippen LogP contribution in [0.1, 0.15) is 77.6 Å². The van der Waals surface area contributed by atoms with Gasteiger partial charge in [0.05, 0.1) is 6.21 Å². The van der Waals surface area contributed by atoms with E-state index in [-0.39, 0.29) is 0 Å². The van der Waals surface area contributed by atoms with Gasteiger partial charge in [-0.15, -0.1) is 0 Å². The highest BCUT2D eigenvalue weighted by Gasteiger charge is 2.58. The van der Waals surface area contributed by atoms with Crippen molar-refractivity contribution in [3.63, 3.8) is 0 Å². The first-order valence-electron chi connectivity index (χ1n) is 9.77. The van der Waals surface area contributed by atoms with Crippen LogP contribution < -0.4 is 0 Å². The summed E-state index contributed by atoms with van der Waals surface area (Å²) in [4.78, 5) is 5.06. The summed E-state index contributed by atoms with van der Waals surface area (Å²) in [5.41, 5.74) is 1.04. The molecule has 2 heteroatoms. The van der Waals surface area contributed by atoms with Crippen LogP contribution >= 0.6 is 0 Å². The van der Waals surface area contributed by atoms with E-state index in [1.807, 2.05) is 0 Å². The van der Waals surface area contributed by atoms with Gasteiger partial charge < -0.3 is 4.84 Å². The summed E-state index contributed by atoms with van der Waals surface area (Å²) >= 11 is 0. The predicted molar refractivity (Wildman–Crippen MR) is 90.8 cm³/mol. The van der Waals surface area contributed by atoms with Crippen molar-refractivity contribution in [3.8, 4) is 0 Å². The van der Waals surface area contributed by atoms with Gasteiger partial charge in [0.25, 0.3) is 0 Å². The Morgan fingerprint density at radius 3 is 2.68 bits per heavy atom. The van der Waals surface area contributed by atoms with Crippen LogP contribution in [0.15, 0.2) is 5.16 Å². The molecular formula is C20H33NO. The quantitative estimate of drug-likeness (QED) is 0.493. The van der Waals surface area contributed by atoms with Gasteiger partial charge in [-0.25, -0.2) is 0 Å². The molecule has 4 rings (SSSR count). The standard InChI is InChI=1S/C20H33NO/c1-19-11-4-3-6-15(19)8-9-16-17(19)10-13-20(14-21-22-2)12-5-7-18(16)20/h14-18H,3-13H2,1-2H3/t15?,16-,17+,18+,19+,20+/m1/s1. The van der Waals surface area contributed by atoms with E-state index in [1.165, 1.54) is 70.6 Å². The molecule has 4 saturated carbocycles. The molecule has 0 bridgehead atoms. The van der Waals surface area contributed by atoms with Crippen LogP contribution in [-0.2, 0) is 4.84 Å². The third-order valence-electron chi connectivity index (χ3n) is 8.41. The largest absolute Gasteiger partial charge is 0.399 e. The number of hydrogen-bond acceptors (Lipinski definition) is 2. The van der Waals surface area contributed by atoms with E-state index < -0.39 is 0 Å². The maximum Gasteiger partial charge on any atom is 0.106 e. The molecule has 6 atom stereocenters. The van der Waals surface area contributed by atoms with Crippen LogP contribution in [0.25, 0.3) is 0 Å². The summed E-state index contributed by atoms with van der Waals surface area (Å²) < 4.78 is 0. The van der Waals surface area contributed by atoms with Gasteiger partial charge in [-0.2, -0.15) is 0 Å². The Kier molecular flexibility index (Phi) is 3.77. The van der Waals surface area contributed by atoms with Crippen LogP contribution in [0.2, 0.25) is 0 Å². The van der Waals surface area contributed by atoms with Gasteiger partial charge in [-0.05, 0) is 80.5 Å². The third kappa shape index (κ3) is 2.08. The van der Waals surface area contributed by atoms with Crippen molar-refractivity contribution in [3.05, 3.63) is 0 Å². The number of oxime groups is 1. The van der Waals surface area contributed by atoms with Crippen LogP contribution in [0.4, 0.5) is 0 Å². The summed E-state index contributed by atoms with van der Waals surface area (Å²) in [5, 5.41) is 4.24. The molecule has 4 aliphatic rings. The lowest BCUT2D eigenvalue weighted by Gasteiger charge is -2.59. The molecule has 0 aromatic heterocycles. The van der Waals surface area contributed by atoms with Crippen molar-refractivity contribution in [1.82, 2.24) is 0 Å². The summed E-state index contributed by atoms with van der Waals surface area (Å²) in [6, 6.07) is 0. The minimum absolute atomic E-state index is 0.384. The molecule has 0 spiro atoms. The lowest BCUT2D eigenvalue weighted by Crippen LogP contribution is -2.52. The molecule has 4 aliphatic carbocycles. The van der Waals surface area contributed by atoms with Crippen LogP contribution in [-0.4, -0.2) is 13.3 Å². The molecule has 22 heavy (non-hydrogen) atoms. The van der Waals surface area contributed by atoms with Gasteiger partial charge in [-0.1, -0.05) is 31.3 Å². The maximum atomic E-state index is 5.06. The fourth-order valence-electron chi connectivity index (χ4n) is 7.38. The van der Waals surface area contributed by atoms with Gasteiger partial charge >= 0.3 is 0 Å². The average Bonchev–Trinajstić information content (AvgIpc) is 2.96. The highest BCUT2D eigenvalue weighted by Crippen LogP contribution is 2.65. The lowest BCUT2D eigenvalue weighted by atomic mass is 9.45. The number of fused-ring (bicyclic) bond motifs is 5. The van der Waals surface area contributed by atoms with Crippen LogP contribution in [0.3, 0.4) is 0 Å². The Bertz CT molecular complexity index is 447. The van der Waals surface area contributed by atoms with E-state index in [4.69, 9.17) is 4.84 Å². The summed E-state index contributed by atoms with van der Waals surface area (Å²) in [7, 11) is 1.69.